The summed E-state index contributed by atoms with van der Waals surface area (Å²) < 4.78 is 5.55. The van der Waals surface area contributed by atoms with Crippen LogP contribution < -0.4 is 4.90 Å². The molecule has 2 atom stereocenters. The molecule has 0 saturated carbocycles. The second-order valence-electron chi connectivity index (χ2n) is 9.04. The van der Waals surface area contributed by atoms with E-state index in [1.165, 1.54) is 10.9 Å². The van der Waals surface area contributed by atoms with Gasteiger partial charge in [0.25, 0.3) is 0 Å². The van der Waals surface area contributed by atoms with E-state index in [2.05, 4.69) is 45.2 Å². The molecule has 2 unspecified atom stereocenters. The van der Waals surface area contributed by atoms with Crippen LogP contribution in [0.25, 0.3) is 22.0 Å². The fraction of sp³-hybridized carbons (Fsp3) is 0.391. The van der Waals surface area contributed by atoms with Gasteiger partial charge in [0.2, 0.25) is 0 Å². The molecule has 0 bridgehead atoms. The molecule has 4 heterocycles. The van der Waals surface area contributed by atoms with Gasteiger partial charge in [0.05, 0.1) is 17.9 Å². The summed E-state index contributed by atoms with van der Waals surface area (Å²) in [5.74, 6) is 0.499. The molecule has 2 fully saturated rings. The second-order valence-corrected chi connectivity index (χ2v) is 9.04. The molecular weight excluding hydrogens is 364 g/mol. The molecule has 29 heavy (non-hydrogen) atoms. The number of ether oxygens (including phenoxy) is 1. The van der Waals surface area contributed by atoms with Crippen LogP contribution in [0, 0.1) is 5.92 Å². The molecule has 0 radical (unpaired) electrons. The van der Waals surface area contributed by atoms with E-state index in [4.69, 9.17) is 4.74 Å². The predicted octanol–water partition coefficient (Wildman–Crippen LogP) is 4.29. The highest BCUT2D eigenvalue weighted by Crippen LogP contribution is 2.37. The van der Waals surface area contributed by atoms with Gasteiger partial charge in [-0.05, 0) is 44.5 Å². The van der Waals surface area contributed by atoms with Gasteiger partial charge in [-0.1, -0.05) is 12.1 Å². The highest BCUT2D eigenvalue weighted by Gasteiger charge is 2.49. The van der Waals surface area contributed by atoms with Crippen molar-refractivity contribution in [2.45, 2.75) is 32.4 Å². The first-order chi connectivity index (χ1) is 13.9. The van der Waals surface area contributed by atoms with Crippen LogP contribution in [0.1, 0.15) is 20.8 Å². The van der Waals surface area contributed by atoms with Crippen molar-refractivity contribution in [3.05, 3.63) is 48.9 Å². The Morgan fingerprint density at radius 2 is 2.03 bits per heavy atom. The third-order valence-corrected chi connectivity index (χ3v) is 5.86. The molecule has 3 aromatic rings. The number of hydrogen-bond donors (Lipinski definition) is 1. The monoisotopic (exact) mass is 390 g/mol. The first-order valence-electron chi connectivity index (χ1n) is 10.2. The fourth-order valence-electron chi connectivity index (χ4n) is 4.46. The van der Waals surface area contributed by atoms with Crippen molar-refractivity contribution in [3.8, 4) is 11.1 Å². The quantitative estimate of drug-likeness (QED) is 0.709. The van der Waals surface area contributed by atoms with Gasteiger partial charge in [-0.2, -0.15) is 0 Å². The van der Waals surface area contributed by atoms with Crippen LogP contribution in [-0.4, -0.2) is 52.2 Å². The molecule has 1 N–H and O–H groups in total. The molecule has 1 aromatic carbocycles. The lowest BCUT2D eigenvalue weighted by Gasteiger charge is -2.43. The van der Waals surface area contributed by atoms with Gasteiger partial charge in [0.1, 0.15) is 5.60 Å². The van der Waals surface area contributed by atoms with Crippen LogP contribution in [0.15, 0.2) is 48.9 Å². The lowest BCUT2D eigenvalue weighted by Crippen LogP contribution is -2.59. The summed E-state index contributed by atoms with van der Waals surface area (Å²) in [5.41, 5.74) is 4.05. The van der Waals surface area contributed by atoms with E-state index < -0.39 is 5.60 Å². The molecule has 1 amide bonds. The molecule has 5 rings (SSSR count). The van der Waals surface area contributed by atoms with E-state index in [1.54, 1.807) is 0 Å². The number of likely N-dealkylation sites (tertiary alicyclic amines) is 1. The number of amides is 1. The molecule has 6 nitrogen and oxygen atoms in total. The standard InChI is InChI=1S/C23H26N4O2/c1-23(2,3)29-22(28)27-13-16-12-26(14-21(16)27)17-9-15(10-24-11-17)18-5-4-6-20-19(18)7-8-25-20/h4-11,16,21,25H,12-14H2,1-3H3. The van der Waals surface area contributed by atoms with Gasteiger partial charge in [0, 0.05) is 54.4 Å². The second kappa shape index (κ2) is 6.51. The van der Waals surface area contributed by atoms with Crippen molar-refractivity contribution < 1.29 is 9.53 Å². The molecule has 0 spiro atoms. The van der Waals surface area contributed by atoms with Crippen LogP contribution in [-0.2, 0) is 4.74 Å². The number of aromatic nitrogens is 2. The van der Waals surface area contributed by atoms with Gasteiger partial charge >= 0.3 is 6.09 Å². The average molecular weight is 390 g/mol. The maximum absolute atomic E-state index is 12.4. The summed E-state index contributed by atoms with van der Waals surface area (Å²) in [4.78, 5) is 24.4. The number of carbonyl (C=O) groups is 1. The molecule has 0 aliphatic carbocycles. The maximum atomic E-state index is 12.4. The summed E-state index contributed by atoms with van der Waals surface area (Å²) in [6, 6.07) is 10.8. The number of fused-ring (bicyclic) bond motifs is 2. The minimum atomic E-state index is -0.460. The van der Waals surface area contributed by atoms with Gasteiger partial charge in [-0.3, -0.25) is 4.98 Å². The Balaban J connectivity index is 1.35. The minimum Gasteiger partial charge on any atom is -0.444 e. The van der Waals surface area contributed by atoms with Crippen molar-refractivity contribution in [2.75, 3.05) is 24.5 Å². The lowest BCUT2D eigenvalue weighted by atomic mass is 9.93. The summed E-state index contributed by atoms with van der Waals surface area (Å²) in [6.45, 7) is 8.26. The molecular formula is C23H26N4O2. The van der Waals surface area contributed by atoms with Crippen molar-refractivity contribution in [1.29, 1.82) is 0 Å². The van der Waals surface area contributed by atoms with E-state index >= 15 is 0 Å². The Labute approximate surface area is 170 Å². The van der Waals surface area contributed by atoms with E-state index in [0.29, 0.717) is 5.92 Å². The number of nitrogens with one attached hydrogen (secondary N) is 1. The number of rotatable bonds is 2. The zero-order valence-corrected chi connectivity index (χ0v) is 17.1. The molecule has 2 aromatic heterocycles. The average Bonchev–Trinajstić information content (AvgIpc) is 3.25. The zero-order valence-electron chi connectivity index (χ0n) is 17.1. The molecule has 2 aliphatic rings. The van der Waals surface area contributed by atoms with E-state index in [0.717, 1.165) is 36.4 Å². The number of H-pyrrole nitrogens is 1. The van der Waals surface area contributed by atoms with Gasteiger partial charge < -0.3 is 19.5 Å². The highest BCUT2D eigenvalue weighted by atomic mass is 16.6. The number of aromatic amines is 1. The lowest BCUT2D eigenvalue weighted by molar-refractivity contribution is -0.0163. The van der Waals surface area contributed by atoms with E-state index in [9.17, 15) is 4.79 Å². The smallest absolute Gasteiger partial charge is 0.410 e. The van der Waals surface area contributed by atoms with Gasteiger partial charge in [-0.25, -0.2) is 4.79 Å². The minimum absolute atomic E-state index is 0.202. The Kier molecular flexibility index (Phi) is 4.05. The highest BCUT2D eigenvalue weighted by molar-refractivity contribution is 5.95. The SMILES string of the molecule is CC(C)(C)OC(=O)N1CC2CN(c3cncc(-c4cccc5[nH]ccc45)c3)CC21. The summed E-state index contributed by atoms with van der Waals surface area (Å²) >= 11 is 0. The van der Waals surface area contributed by atoms with Gasteiger partial charge in [0.15, 0.2) is 0 Å². The largest absolute Gasteiger partial charge is 0.444 e. The number of carbonyl (C=O) groups excluding carboxylic acids is 1. The van der Waals surface area contributed by atoms with E-state index in [1.807, 2.05) is 44.3 Å². The number of pyridine rings is 1. The first kappa shape index (κ1) is 18.0. The summed E-state index contributed by atoms with van der Waals surface area (Å²) in [6.07, 6.45) is 5.60. The Bertz CT molecular complexity index is 1070. The van der Waals surface area contributed by atoms with Crippen molar-refractivity contribution in [1.82, 2.24) is 14.9 Å². The summed E-state index contributed by atoms with van der Waals surface area (Å²) in [7, 11) is 0. The fourth-order valence-corrected chi connectivity index (χ4v) is 4.46. The van der Waals surface area contributed by atoms with Crippen LogP contribution in [0.5, 0.6) is 0 Å². The van der Waals surface area contributed by atoms with Gasteiger partial charge in [-0.15, -0.1) is 0 Å². The third-order valence-electron chi connectivity index (χ3n) is 5.86. The van der Waals surface area contributed by atoms with Crippen molar-refractivity contribution >= 4 is 22.7 Å². The molecule has 6 heteroatoms. The predicted molar refractivity (Wildman–Crippen MR) is 114 cm³/mol. The Hall–Kier alpha value is -3.02. The van der Waals surface area contributed by atoms with Crippen LogP contribution >= 0.6 is 0 Å². The Morgan fingerprint density at radius 1 is 1.17 bits per heavy atom. The topological polar surface area (TPSA) is 61.5 Å². The maximum Gasteiger partial charge on any atom is 0.410 e. The number of anilines is 1. The zero-order chi connectivity index (χ0) is 20.2. The first-order valence-corrected chi connectivity index (χ1v) is 10.2. The normalized spacial score (nSPS) is 21.2. The number of nitrogens with zero attached hydrogens (tertiary/aromatic N) is 3. The van der Waals surface area contributed by atoms with Crippen LogP contribution in [0.2, 0.25) is 0 Å². The van der Waals surface area contributed by atoms with Crippen LogP contribution in [0.4, 0.5) is 10.5 Å². The Morgan fingerprint density at radius 3 is 2.86 bits per heavy atom. The molecule has 150 valence electrons. The number of hydrogen-bond acceptors (Lipinski definition) is 4. The third kappa shape index (κ3) is 3.22. The summed E-state index contributed by atoms with van der Waals surface area (Å²) in [5, 5.41) is 1.20. The number of benzene rings is 1. The van der Waals surface area contributed by atoms with E-state index in [-0.39, 0.29) is 12.1 Å². The molecule has 2 saturated heterocycles. The van der Waals surface area contributed by atoms with Crippen molar-refractivity contribution in [3.63, 3.8) is 0 Å². The van der Waals surface area contributed by atoms with Crippen molar-refractivity contribution in [2.24, 2.45) is 5.92 Å². The van der Waals surface area contributed by atoms with Crippen LogP contribution in [0.3, 0.4) is 0 Å². The molecule has 2 aliphatic heterocycles.